The van der Waals surface area contributed by atoms with E-state index in [-0.39, 0.29) is 36.4 Å². The molecule has 0 saturated carbocycles. The Hall–Kier alpha value is -1.62. The third-order valence-electron chi connectivity index (χ3n) is 4.15. The minimum absolute atomic E-state index is 0. The molecule has 0 aliphatic heterocycles. The number of benzene rings is 1. The van der Waals surface area contributed by atoms with Gasteiger partial charge in [-0.1, -0.05) is 41.0 Å². The van der Waals surface area contributed by atoms with Crippen molar-refractivity contribution in [2.45, 2.75) is 40.2 Å². The number of hydrogen-bond acceptors (Lipinski definition) is 4. The van der Waals surface area contributed by atoms with Crippen molar-refractivity contribution >= 4 is 57.5 Å². The molecule has 0 spiro atoms. The van der Waals surface area contributed by atoms with E-state index in [1.807, 2.05) is 39.0 Å². The molecule has 3 N–H and O–H groups in total. The number of rotatable bonds is 7. The third-order valence-corrected chi connectivity index (χ3v) is 4.65. The minimum Gasteiger partial charge on any atom is -0.361 e. The Bertz CT molecular complexity index is 801. The second-order valence-electron chi connectivity index (χ2n) is 6.02. The topological polar surface area (TPSA) is 91.6 Å². The average molecular weight is 564 g/mol. The number of aliphatic imine (C=N–C) groups is 1. The van der Waals surface area contributed by atoms with E-state index in [2.05, 4.69) is 42.0 Å². The maximum Gasteiger partial charge on any atom is 0.243 e. The van der Waals surface area contributed by atoms with Crippen LogP contribution in [0.4, 0.5) is 5.69 Å². The zero-order valence-corrected chi connectivity index (χ0v) is 20.5. The summed E-state index contributed by atoms with van der Waals surface area (Å²) >= 11 is 3.41. The van der Waals surface area contributed by atoms with Gasteiger partial charge in [-0.05, 0) is 31.0 Å². The van der Waals surface area contributed by atoms with E-state index < -0.39 is 0 Å². The lowest BCUT2D eigenvalue weighted by Crippen LogP contribution is -2.41. The first-order valence-electron chi connectivity index (χ1n) is 8.95. The summed E-state index contributed by atoms with van der Waals surface area (Å²) in [6.07, 6.45) is 1.59. The van der Waals surface area contributed by atoms with Crippen LogP contribution in [0.5, 0.6) is 0 Å². The number of halogens is 2. The van der Waals surface area contributed by atoms with Crippen LogP contribution in [0.1, 0.15) is 36.4 Å². The summed E-state index contributed by atoms with van der Waals surface area (Å²) in [6.45, 7) is 6.68. The number of hydrogen-bond donors (Lipinski definition) is 3. The second-order valence-corrected chi connectivity index (χ2v) is 6.94. The van der Waals surface area contributed by atoms with E-state index in [1.165, 1.54) is 0 Å². The lowest BCUT2D eigenvalue weighted by Gasteiger charge is -2.13. The Morgan fingerprint density at radius 1 is 1.25 bits per heavy atom. The van der Waals surface area contributed by atoms with Gasteiger partial charge in [0, 0.05) is 35.7 Å². The van der Waals surface area contributed by atoms with Crippen LogP contribution in [0.2, 0.25) is 0 Å². The molecule has 0 atom stereocenters. The molecule has 28 heavy (non-hydrogen) atoms. The van der Waals surface area contributed by atoms with Crippen LogP contribution in [-0.2, 0) is 24.2 Å². The molecule has 1 aromatic carbocycles. The summed E-state index contributed by atoms with van der Waals surface area (Å²) in [4.78, 5) is 16.4. The highest BCUT2D eigenvalue weighted by atomic mass is 127. The van der Waals surface area contributed by atoms with E-state index in [0.717, 1.165) is 45.6 Å². The fourth-order valence-electron chi connectivity index (χ4n) is 2.62. The highest BCUT2D eigenvalue weighted by Gasteiger charge is 2.14. The number of nitrogens with zero attached hydrogens (tertiary/aromatic N) is 2. The van der Waals surface area contributed by atoms with Gasteiger partial charge in [-0.25, -0.2) is 0 Å². The molecular formula is C19H27BrIN5O2. The Labute approximate surface area is 191 Å². The molecule has 0 radical (unpaired) electrons. The number of aryl methyl sites for hydroxylation is 3. The predicted octanol–water partition coefficient (Wildman–Crippen LogP) is 3.79. The number of carbonyl (C=O) groups is 1. The summed E-state index contributed by atoms with van der Waals surface area (Å²) < 4.78 is 6.29. The smallest absolute Gasteiger partial charge is 0.243 e. The van der Waals surface area contributed by atoms with Crippen LogP contribution in [0.25, 0.3) is 0 Å². The molecule has 0 aliphatic carbocycles. The molecule has 1 amide bonds. The van der Waals surface area contributed by atoms with E-state index in [9.17, 15) is 4.79 Å². The fourth-order valence-corrected chi connectivity index (χ4v) is 2.98. The van der Waals surface area contributed by atoms with E-state index in [1.54, 1.807) is 7.05 Å². The molecular weight excluding hydrogens is 537 g/mol. The zero-order valence-electron chi connectivity index (χ0n) is 16.6. The van der Waals surface area contributed by atoms with Gasteiger partial charge in [0.1, 0.15) is 5.76 Å². The maximum absolute atomic E-state index is 12.2. The van der Waals surface area contributed by atoms with Gasteiger partial charge in [-0.15, -0.1) is 24.0 Å². The van der Waals surface area contributed by atoms with Crippen LogP contribution in [0, 0.1) is 6.92 Å². The monoisotopic (exact) mass is 563 g/mol. The van der Waals surface area contributed by atoms with Gasteiger partial charge in [-0.2, -0.15) is 0 Å². The van der Waals surface area contributed by atoms with Crippen LogP contribution < -0.4 is 16.0 Å². The normalized spacial score (nSPS) is 11.0. The van der Waals surface area contributed by atoms with Gasteiger partial charge in [0.25, 0.3) is 0 Å². The summed E-state index contributed by atoms with van der Waals surface area (Å²) in [7, 11) is 1.67. The first-order chi connectivity index (χ1) is 13.0. The molecule has 0 unspecified atom stereocenters. The van der Waals surface area contributed by atoms with E-state index >= 15 is 0 Å². The maximum atomic E-state index is 12.2. The quantitative estimate of drug-likeness (QED) is 0.271. The molecule has 1 heterocycles. The van der Waals surface area contributed by atoms with Crippen molar-refractivity contribution in [2.75, 3.05) is 18.9 Å². The fraction of sp³-hybridized carbons (Fsp3) is 0.421. The lowest BCUT2D eigenvalue weighted by molar-refractivity contribution is -0.115. The SMILES string of the molecule is CCc1noc(CC)c1CNC(=NC)NCC(=O)Nc1cc(Br)ccc1C.I. The Morgan fingerprint density at radius 2 is 2.00 bits per heavy atom. The van der Waals surface area contributed by atoms with Crippen molar-refractivity contribution in [1.29, 1.82) is 0 Å². The van der Waals surface area contributed by atoms with Gasteiger partial charge in [0.2, 0.25) is 5.91 Å². The Kier molecular flexibility index (Phi) is 10.5. The van der Waals surface area contributed by atoms with Gasteiger partial charge in [-0.3, -0.25) is 9.79 Å². The number of guanidine groups is 1. The molecule has 9 heteroatoms. The van der Waals surface area contributed by atoms with Crippen molar-refractivity contribution in [1.82, 2.24) is 15.8 Å². The summed E-state index contributed by atoms with van der Waals surface area (Å²) in [5.41, 5.74) is 3.78. The van der Waals surface area contributed by atoms with Crippen molar-refractivity contribution < 1.29 is 9.32 Å². The number of anilines is 1. The highest BCUT2D eigenvalue weighted by Crippen LogP contribution is 2.20. The van der Waals surface area contributed by atoms with Gasteiger partial charge in [0.05, 0.1) is 12.2 Å². The molecule has 7 nitrogen and oxygen atoms in total. The van der Waals surface area contributed by atoms with Crippen molar-refractivity contribution in [3.05, 3.63) is 45.3 Å². The zero-order chi connectivity index (χ0) is 19.8. The van der Waals surface area contributed by atoms with Crippen LogP contribution in [0.15, 0.2) is 32.2 Å². The molecule has 1 aromatic heterocycles. The largest absolute Gasteiger partial charge is 0.361 e. The number of aromatic nitrogens is 1. The van der Waals surface area contributed by atoms with Crippen molar-refractivity contribution in [3.8, 4) is 0 Å². The van der Waals surface area contributed by atoms with Crippen LogP contribution >= 0.6 is 39.9 Å². The molecule has 0 aliphatic rings. The molecule has 2 aromatic rings. The van der Waals surface area contributed by atoms with Gasteiger partial charge >= 0.3 is 0 Å². The van der Waals surface area contributed by atoms with E-state index in [4.69, 9.17) is 4.52 Å². The summed E-state index contributed by atoms with van der Waals surface area (Å²) in [5, 5.41) is 13.2. The molecule has 154 valence electrons. The molecule has 2 rings (SSSR count). The average Bonchev–Trinajstić information content (AvgIpc) is 3.06. The van der Waals surface area contributed by atoms with Gasteiger partial charge < -0.3 is 20.5 Å². The predicted molar refractivity (Wildman–Crippen MR) is 126 cm³/mol. The lowest BCUT2D eigenvalue weighted by atomic mass is 10.1. The number of carbonyl (C=O) groups excluding carboxylic acids is 1. The molecule has 0 bridgehead atoms. The Balaban J connectivity index is 0.00000392. The second kappa shape index (κ2) is 12.1. The first kappa shape index (κ1) is 24.4. The number of nitrogens with one attached hydrogen (secondary N) is 3. The number of amides is 1. The minimum atomic E-state index is -0.146. The first-order valence-corrected chi connectivity index (χ1v) is 9.74. The van der Waals surface area contributed by atoms with Crippen molar-refractivity contribution in [2.24, 2.45) is 4.99 Å². The summed E-state index contributed by atoms with van der Waals surface area (Å²) in [5.74, 6) is 1.27. The van der Waals surface area contributed by atoms with Crippen LogP contribution in [-0.4, -0.2) is 30.6 Å². The van der Waals surface area contributed by atoms with E-state index in [0.29, 0.717) is 12.5 Å². The molecule has 0 saturated heterocycles. The van der Waals surface area contributed by atoms with Gasteiger partial charge in [0.15, 0.2) is 5.96 Å². The Morgan fingerprint density at radius 3 is 2.64 bits per heavy atom. The highest BCUT2D eigenvalue weighted by molar-refractivity contribution is 14.0. The molecule has 0 fully saturated rings. The third kappa shape index (κ3) is 6.77. The van der Waals surface area contributed by atoms with Crippen LogP contribution in [0.3, 0.4) is 0 Å². The standard InChI is InChI=1S/C19H26BrN5O2.HI/c1-5-15-14(17(6-2)27-25-15)10-22-19(21-4)23-11-18(26)24-16-9-13(20)8-7-12(16)3;/h7-9H,5-6,10-11H2,1-4H3,(H,24,26)(H2,21,22,23);1H. The van der Waals surface area contributed by atoms with Crippen molar-refractivity contribution in [3.63, 3.8) is 0 Å². The summed E-state index contributed by atoms with van der Waals surface area (Å²) in [6, 6.07) is 5.77.